The molecule has 0 N–H and O–H groups in total. The van der Waals surface area contributed by atoms with Crippen molar-refractivity contribution >= 4 is 27.7 Å². The Labute approximate surface area is 192 Å². The van der Waals surface area contributed by atoms with Gasteiger partial charge in [-0.2, -0.15) is 4.31 Å². The van der Waals surface area contributed by atoms with Gasteiger partial charge in [-0.3, -0.25) is 4.79 Å². The Kier molecular flexibility index (Phi) is 6.76. The lowest BCUT2D eigenvalue weighted by atomic mass is 9.99. The monoisotopic (exact) mass is 464 g/mol. The van der Waals surface area contributed by atoms with Crippen LogP contribution in [0.3, 0.4) is 0 Å². The quantitative estimate of drug-likeness (QED) is 0.637. The Balaban J connectivity index is 1.44. The van der Waals surface area contributed by atoms with Crippen LogP contribution < -0.4 is 0 Å². The second kappa shape index (κ2) is 9.06. The number of rotatable bonds is 5. The van der Waals surface area contributed by atoms with Crippen LogP contribution in [0.4, 0.5) is 0 Å². The summed E-state index contributed by atoms with van der Waals surface area (Å²) in [5.74, 6) is 1.96. The summed E-state index contributed by atoms with van der Waals surface area (Å²) >= 11 is 1.86. The topological polar surface area (TPSA) is 57.7 Å². The first kappa shape index (κ1) is 23.1. The fraction of sp³-hybridized carbons (Fsp3) is 0.708. The molecule has 2 saturated heterocycles. The number of aryl methyl sites for hydroxylation is 3. The molecule has 31 heavy (non-hydrogen) atoms. The predicted octanol–water partition coefficient (Wildman–Crippen LogP) is 4.64. The summed E-state index contributed by atoms with van der Waals surface area (Å²) < 4.78 is 28.5. The molecule has 1 aromatic carbocycles. The van der Waals surface area contributed by atoms with E-state index in [2.05, 4.69) is 4.90 Å². The lowest BCUT2D eigenvalue weighted by Crippen LogP contribution is -2.53. The standard InChI is InChI=1S/C24H36N2O3S2/c1-18-16-19(2)23(20(3)17-18)31(28,29)25-12-10-24(11-13-25)26(14-15-30-24)22(27)9-8-21-6-4-5-7-21/h16-17,21H,4-15H2,1-3H3. The van der Waals surface area contributed by atoms with Gasteiger partial charge in [-0.05, 0) is 57.1 Å². The molecule has 0 unspecified atom stereocenters. The fourth-order valence-corrected chi connectivity index (χ4v) is 9.24. The van der Waals surface area contributed by atoms with E-state index < -0.39 is 10.0 Å². The summed E-state index contributed by atoms with van der Waals surface area (Å²) in [4.78, 5) is 15.4. The van der Waals surface area contributed by atoms with Crippen molar-refractivity contribution in [2.24, 2.45) is 5.92 Å². The van der Waals surface area contributed by atoms with Crippen molar-refractivity contribution in [3.63, 3.8) is 0 Å². The SMILES string of the molecule is Cc1cc(C)c(S(=O)(=O)N2CCC3(CC2)SCCN3C(=O)CCC2CCCC2)c(C)c1. The van der Waals surface area contributed by atoms with Gasteiger partial charge >= 0.3 is 0 Å². The molecule has 2 heterocycles. The molecule has 0 aromatic heterocycles. The maximum absolute atomic E-state index is 13.4. The zero-order chi connectivity index (χ0) is 22.2. The highest BCUT2D eigenvalue weighted by Gasteiger charge is 2.48. The molecule has 7 heteroatoms. The minimum atomic E-state index is -3.52. The van der Waals surface area contributed by atoms with Crippen molar-refractivity contribution in [3.8, 4) is 0 Å². The molecule has 1 saturated carbocycles. The van der Waals surface area contributed by atoms with Crippen LogP contribution in [0.1, 0.15) is 68.1 Å². The van der Waals surface area contributed by atoms with Gasteiger partial charge in [-0.25, -0.2) is 8.42 Å². The first-order chi connectivity index (χ1) is 14.7. The third kappa shape index (κ3) is 4.55. The van der Waals surface area contributed by atoms with E-state index >= 15 is 0 Å². The minimum Gasteiger partial charge on any atom is -0.327 e. The lowest BCUT2D eigenvalue weighted by Gasteiger charge is -2.44. The molecule has 0 bridgehead atoms. The molecular weight excluding hydrogens is 428 g/mol. The molecule has 0 radical (unpaired) electrons. The van der Waals surface area contributed by atoms with Crippen molar-refractivity contribution in [2.45, 2.75) is 81.9 Å². The minimum absolute atomic E-state index is 0.212. The number of amides is 1. The molecule has 1 aromatic rings. The van der Waals surface area contributed by atoms with Gasteiger partial charge in [0.25, 0.3) is 0 Å². The highest BCUT2D eigenvalue weighted by molar-refractivity contribution is 8.00. The van der Waals surface area contributed by atoms with E-state index in [-0.39, 0.29) is 10.8 Å². The molecule has 2 aliphatic heterocycles. The van der Waals surface area contributed by atoms with Crippen molar-refractivity contribution in [2.75, 3.05) is 25.4 Å². The summed E-state index contributed by atoms with van der Waals surface area (Å²) in [6.45, 7) is 7.53. The Morgan fingerprint density at radius 2 is 1.68 bits per heavy atom. The highest BCUT2D eigenvalue weighted by Crippen LogP contribution is 2.45. The Bertz CT molecular complexity index is 907. The molecule has 0 atom stereocenters. The van der Waals surface area contributed by atoms with Crippen LogP contribution in [-0.2, 0) is 14.8 Å². The predicted molar refractivity (Wildman–Crippen MR) is 127 cm³/mol. The van der Waals surface area contributed by atoms with E-state index in [1.807, 2.05) is 44.7 Å². The van der Waals surface area contributed by atoms with E-state index in [0.717, 1.165) is 54.2 Å². The number of hydrogen-bond acceptors (Lipinski definition) is 4. The van der Waals surface area contributed by atoms with Crippen LogP contribution in [-0.4, -0.2) is 53.8 Å². The number of thioether (sulfide) groups is 1. The van der Waals surface area contributed by atoms with Crippen LogP contribution in [0, 0.1) is 26.7 Å². The first-order valence-electron chi connectivity index (χ1n) is 11.8. The molecule has 1 amide bonds. The first-order valence-corrected chi connectivity index (χ1v) is 14.2. The molecule has 5 nitrogen and oxygen atoms in total. The maximum Gasteiger partial charge on any atom is 0.243 e. The highest BCUT2D eigenvalue weighted by atomic mass is 32.2. The number of carbonyl (C=O) groups excluding carboxylic acids is 1. The average molecular weight is 465 g/mol. The zero-order valence-corrected chi connectivity index (χ0v) is 20.8. The van der Waals surface area contributed by atoms with Crippen LogP contribution in [0.2, 0.25) is 0 Å². The molecule has 1 spiro atoms. The van der Waals surface area contributed by atoms with E-state index in [0.29, 0.717) is 24.4 Å². The van der Waals surface area contributed by atoms with Crippen molar-refractivity contribution in [1.82, 2.24) is 9.21 Å². The molecule has 3 aliphatic rings. The van der Waals surface area contributed by atoms with Crippen LogP contribution in [0.15, 0.2) is 17.0 Å². The maximum atomic E-state index is 13.4. The Morgan fingerprint density at radius 3 is 2.29 bits per heavy atom. The summed E-state index contributed by atoms with van der Waals surface area (Å²) in [6.07, 6.45) is 8.28. The number of benzene rings is 1. The molecule has 172 valence electrons. The van der Waals surface area contributed by atoms with E-state index in [1.165, 1.54) is 25.7 Å². The summed E-state index contributed by atoms with van der Waals surface area (Å²) in [6, 6.07) is 3.89. The van der Waals surface area contributed by atoms with Gasteiger partial charge in [-0.1, -0.05) is 43.4 Å². The molecule has 3 fully saturated rings. The van der Waals surface area contributed by atoms with Crippen LogP contribution >= 0.6 is 11.8 Å². The number of nitrogens with zero attached hydrogens (tertiary/aromatic N) is 2. The van der Waals surface area contributed by atoms with Crippen LogP contribution in [0.25, 0.3) is 0 Å². The van der Waals surface area contributed by atoms with Crippen molar-refractivity contribution < 1.29 is 13.2 Å². The Hall–Kier alpha value is -1.05. The summed E-state index contributed by atoms with van der Waals surface area (Å²) in [5, 5.41) is 0. The largest absolute Gasteiger partial charge is 0.327 e. The van der Waals surface area contributed by atoms with E-state index in [4.69, 9.17) is 0 Å². The zero-order valence-electron chi connectivity index (χ0n) is 19.2. The second-order valence-corrected chi connectivity index (χ2v) is 13.0. The second-order valence-electron chi connectivity index (χ2n) is 9.66. The molecule has 1 aliphatic carbocycles. The smallest absolute Gasteiger partial charge is 0.243 e. The number of carbonyl (C=O) groups is 1. The van der Waals surface area contributed by atoms with Crippen LogP contribution in [0.5, 0.6) is 0 Å². The third-order valence-electron chi connectivity index (χ3n) is 7.43. The Morgan fingerprint density at radius 1 is 1.06 bits per heavy atom. The molecular formula is C24H36N2O3S2. The number of hydrogen-bond donors (Lipinski definition) is 0. The molecule has 4 rings (SSSR count). The summed E-state index contributed by atoms with van der Waals surface area (Å²) in [7, 11) is -3.52. The van der Waals surface area contributed by atoms with Crippen molar-refractivity contribution in [3.05, 3.63) is 28.8 Å². The van der Waals surface area contributed by atoms with Gasteiger partial charge in [0.1, 0.15) is 0 Å². The average Bonchev–Trinajstić information content (AvgIpc) is 3.36. The van der Waals surface area contributed by atoms with Gasteiger partial charge in [-0.15, -0.1) is 11.8 Å². The van der Waals surface area contributed by atoms with E-state index in [1.54, 1.807) is 4.31 Å². The third-order valence-corrected chi connectivity index (χ3v) is 11.2. The van der Waals surface area contributed by atoms with E-state index in [9.17, 15) is 13.2 Å². The summed E-state index contributed by atoms with van der Waals surface area (Å²) in [5.41, 5.74) is 2.72. The fourth-order valence-electron chi connectivity index (χ4n) is 5.92. The number of sulfonamides is 1. The van der Waals surface area contributed by atoms with Gasteiger partial charge in [0.15, 0.2) is 0 Å². The van der Waals surface area contributed by atoms with Crippen molar-refractivity contribution in [1.29, 1.82) is 0 Å². The van der Waals surface area contributed by atoms with Gasteiger partial charge in [0, 0.05) is 31.8 Å². The number of piperidine rings is 1. The normalized spacial score (nSPS) is 22.5. The van der Waals surface area contributed by atoms with Gasteiger partial charge < -0.3 is 4.90 Å². The van der Waals surface area contributed by atoms with Gasteiger partial charge in [0.2, 0.25) is 15.9 Å². The lowest BCUT2D eigenvalue weighted by molar-refractivity contribution is -0.134. The van der Waals surface area contributed by atoms with Gasteiger partial charge in [0.05, 0.1) is 9.77 Å².